The Hall–Kier alpha value is -2.02. The Morgan fingerprint density at radius 1 is 1.25 bits per heavy atom. The van der Waals surface area contributed by atoms with E-state index in [0.717, 1.165) is 0 Å². The maximum absolute atomic E-state index is 13.7. The molecule has 1 aromatic carbocycles. The van der Waals surface area contributed by atoms with Crippen molar-refractivity contribution < 1.29 is 13.5 Å². The second-order valence-electron chi connectivity index (χ2n) is 4.48. The van der Waals surface area contributed by atoms with Gasteiger partial charge in [0.1, 0.15) is 11.6 Å². The van der Waals surface area contributed by atoms with Gasteiger partial charge in [0.25, 0.3) is 5.19 Å². The van der Waals surface area contributed by atoms with Crippen molar-refractivity contribution in [1.29, 1.82) is 0 Å². The van der Waals surface area contributed by atoms with Crippen LogP contribution in [-0.4, -0.2) is 20.7 Å². The van der Waals surface area contributed by atoms with E-state index in [-0.39, 0.29) is 17.4 Å². The number of aromatic nitrogens is 3. The third-order valence-electron chi connectivity index (χ3n) is 2.58. The minimum absolute atomic E-state index is 0.00865. The fraction of sp³-hybridized carbons (Fsp3) is 0.231. The summed E-state index contributed by atoms with van der Waals surface area (Å²) in [6.45, 7) is 3.79. The SMILES string of the molecule is CC(C)Oc1nn2cc(-c3c(F)cccc3F)nc2s1. The monoisotopic (exact) mass is 295 g/mol. The van der Waals surface area contributed by atoms with Crippen LogP contribution < -0.4 is 4.74 Å². The van der Waals surface area contributed by atoms with Gasteiger partial charge in [0.2, 0.25) is 4.96 Å². The van der Waals surface area contributed by atoms with Crippen molar-refractivity contribution in [3.05, 3.63) is 36.0 Å². The average molecular weight is 295 g/mol. The van der Waals surface area contributed by atoms with Crippen LogP contribution in [0.5, 0.6) is 5.19 Å². The molecule has 0 amide bonds. The van der Waals surface area contributed by atoms with Gasteiger partial charge in [0.15, 0.2) is 0 Å². The van der Waals surface area contributed by atoms with Gasteiger partial charge in [0.05, 0.1) is 23.6 Å². The van der Waals surface area contributed by atoms with E-state index in [2.05, 4.69) is 10.1 Å². The number of rotatable bonds is 3. The largest absolute Gasteiger partial charge is 0.466 e. The van der Waals surface area contributed by atoms with E-state index in [4.69, 9.17) is 4.74 Å². The van der Waals surface area contributed by atoms with Crippen LogP contribution in [0.15, 0.2) is 24.4 Å². The molecule has 104 valence electrons. The van der Waals surface area contributed by atoms with Crippen molar-refractivity contribution in [2.24, 2.45) is 0 Å². The number of imidazole rings is 1. The van der Waals surface area contributed by atoms with E-state index < -0.39 is 11.6 Å². The van der Waals surface area contributed by atoms with E-state index in [1.807, 2.05) is 13.8 Å². The molecule has 7 heteroatoms. The summed E-state index contributed by atoms with van der Waals surface area (Å²) in [5, 5.41) is 4.64. The number of hydrogen-bond acceptors (Lipinski definition) is 4. The van der Waals surface area contributed by atoms with E-state index in [1.54, 1.807) is 0 Å². The van der Waals surface area contributed by atoms with Gasteiger partial charge in [-0.2, -0.15) is 0 Å². The molecular weight excluding hydrogens is 284 g/mol. The molecule has 0 aliphatic carbocycles. The topological polar surface area (TPSA) is 39.4 Å². The molecule has 3 aromatic rings. The number of benzene rings is 1. The van der Waals surface area contributed by atoms with Gasteiger partial charge in [-0.3, -0.25) is 0 Å². The molecular formula is C13H11F2N3OS. The highest BCUT2D eigenvalue weighted by molar-refractivity contribution is 7.18. The molecule has 0 atom stereocenters. The molecule has 2 heterocycles. The first-order chi connectivity index (χ1) is 9.54. The van der Waals surface area contributed by atoms with Crippen molar-refractivity contribution in [3.8, 4) is 16.5 Å². The molecule has 0 spiro atoms. The van der Waals surface area contributed by atoms with E-state index in [0.29, 0.717) is 10.2 Å². The highest BCUT2D eigenvalue weighted by Gasteiger charge is 2.17. The lowest BCUT2D eigenvalue weighted by atomic mass is 10.1. The number of halogens is 2. The fourth-order valence-corrected chi connectivity index (χ4v) is 2.65. The lowest BCUT2D eigenvalue weighted by Gasteiger charge is -2.03. The fourth-order valence-electron chi connectivity index (χ4n) is 1.79. The molecule has 3 rings (SSSR count). The lowest BCUT2D eigenvalue weighted by molar-refractivity contribution is 0.238. The predicted molar refractivity (Wildman–Crippen MR) is 72.0 cm³/mol. The van der Waals surface area contributed by atoms with Crippen LogP contribution in [-0.2, 0) is 0 Å². The summed E-state index contributed by atoms with van der Waals surface area (Å²) in [7, 11) is 0. The van der Waals surface area contributed by atoms with Gasteiger partial charge in [-0.25, -0.2) is 18.3 Å². The van der Waals surface area contributed by atoms with Crippen molar-refractivity contribution >= 4 is 16.3 Å². The molecule has 0 saturated heterocycles. The maximum Gasteiger partial charge on any atom is 0.294 e. The summed E-state index contributed by atoms with van der Waals surface area (Å²) < 4.78 is 34.3. The number of nitrogens with zero attached hydrogens (tertiary/aromatic N) is 3. The average Bonchev–Trinajstić information content (AvgIpc) is 2.85. The Morgan fingerprint density at radius 3 is 2.55 bits per heavy atom. The van der Waals surface area contributed by atoms with Gasteiger partial charge >= 0.3 is 0 Å². The van der Waals surface area contributed by atoms with Crippen molar-refractivity contribution in [2.45, 2.75) is 20.0 Å². The van der Waals surface area contributed by atoms with E-state index in [9.17, 15) is 8.78 Å². The molecule has 0 N–H and O–H groups in total. The van der Waals surface area contributed by atoms with E-state index >= 15 is 0 Å². The first-order valence-electron chi connectivity index (χ1n) is 6.02. The summed E-state index contributed by atoms with van der Waals surface area (Å²) >= 11 is 1.23. The highest BCUT2D eigenvalue weighted by Crippen LogP contribution is 2.29. The smallest absolute Gasteiger partial charge is 0.294 e. The number of ether oxygens (including phenoxy) is 1. The van der Waals surface area contributed by atoms with Gasteiger partial charge in [0, 0.05) is 0 Å². The van der Waals surface area contributed by atoms with Crippen LogP contribution in [0.3, 0.4) is 0 Å². The highest BCUT2D eigenvalue weighted by atomic mass is 32.1. The first kappa shape index (κ1) is 13.0. The zero-order valence-electron chi connectivity index (χ0n) is 10.8. The molecule has 20 heavy (non-hydrogen) atoms. The summed E-state index contributed by atoms with van der Waals surface area (Å²) in [4.78, 5) is 4.72. The van der Waals surface area contributed by atoms with Crippen molar-refractivity contribution in [3.63, 3.8) is 0 Å². The van der Waals surface area contributed by atoms with Crippen LogP contribution in [0.4, 0.5) is 8.78 Å². The molecule has 0 aliphatic rings. The molecule has 0 fully saturated rings. The third-order valence-corrected chi connectivity index (χ3v) is 3.39. The third kappa shape index (κ3) is 2.24. The minimum atomic E-state index is -0.644. The van der Waals surface area contributed by atoms with Crippen LogP contribution in [0.2, 0.25) is 0 Å². The van der Waals surface area contributed by atoms with Crippen LogP contribution in [0, 0.1) is 11.6 Å². The Morgan fingerprint density at radius 2 is 1.95 bits per heavy atom. The van der Waals surface area contributed by atoms with Crippen LogP contribution in [0.25, 0.3) is 16.2 Å². The van der Waals surface area contributed by atoms with Crippen LogP contribution >= 0.6 is 11.3 Å². The van der Waals surface area contributed by atoms with E-state index in [1.165, 1.54) is 40.2 Å². The number of hydrogen-bond donors (Lipinski definition) is 0. The lowest BCUT2D eigenvalue weighted by Crippen LogP contribution is -2.05. The summed E-state index contributed by atoms with van der Waals surface area (Å²) in [5.74, 6) is -1.29. The number of fused-ring (bicyclic) bond motifs is 1. The molecule has 0 saturated carbocycles. The minimum Gasteiger partial charge on any atom is -0.466 e. The summed E-state index contributed by atoms with van der Waals surface area (Å²) in [6.07, 6.45) is 1.50. The molecule has 0 radical (unpaired) electrons. The quantitative estimate of drug-likeness (QED) is 0.742. The normalized spacial score (nSPS) is 11.4. The molecule has 0 aliphatic heterocycles. The second-order valence-corrected chi connectivity index (χ2v) is 5.40. The Kier molecular flexibility index (Phi) is 3.13. The predicted octanol–water partition coefficient (Wildman–Crippen LogP) is 3.52. The Labute approximate surface area is 117 Å². The second kappa shape index (κ2) is 4.82. The standard InChI is InChI=1S/C13H11F2N3OS/c1-7(2)19-13-17-18-6-10(16-12(18)20-13)11-8(14)4-3-5-9(11)15/h3-7H,1-2H3. The summed E-state index contributed by atoms with van der Waals surface area (Å²) in [6, 6.07) is 3.72. The van der Waals surface area contributed by atoms with Crippen molar-refractivity contribution in [1.82, 2.24) is 14.6 Å². The Bertz CT molecular complexity index is 714. The molecule has 0 bridgehead atoms. The van der Waals surface area contributed by atoms with Crippen LogP contribution in [0.1, 0.15) is 13.8 Å². The summed E-state index contributed by atoms with van der Waals surface area (Å²) in [5.41, 5.74) is 0.0759. The zero-order valence-corrected chi connectivity index (χ0v) is 11.6. The molecule has 4 nitrogen and oxygen atoms in total. The zero-order chi connectivity index (χ0) is 14.3. The van der Waals surface area contributed by atoms with Gasteiger partial charge < -0.3 is 4.74 Å². The molecule has 0 unspecified atom stereocenters. The van der Waals surface area contributed by atoms with Gasteiger partial charge in [-0.1, -0.05) is 6.07 Å². The van der Waals surface area contributed by atoms with Gasteiger partial charge in [-0.15, -0.1) is 5.10 Å². The maximum atomic E-state index is 13.7. The Balaban J connectivity index is 2.04. The first-order valence-corrected chi connectivity index (χ1v) is 6.83. The molecule has 2 aromatic heterocycles. The van der Waals surface area contributed by atoms with Crippen molar-refractivity contribution in [2.75, 3.05) is 0 Å². The van der Waals surface area contributed by atoms with Gasteiger partial charge in [-0.05, 0) is 37.3 Å².